The molecule has 0 aromatic heterocycles. The van der Waals surface area contributed by atoms with E-state index in [1.807, 2.05) is 6.92 Å². The Morgan fingerprint density at radius 1 is 1.11 bits per heavy atom. The van der Waals surface area contributed by atoms with Gasteiger partial charge in [0.2, 0.25) is 15.9 Å². The second-order valence-electron chi connectivity index (χ2n) is 6.34. The number of fused-ring (bicyclic) bond motifs is 1. The third kappa shape index (κ3) is 5.15. The van der Waals surface area contributed by atoms with Gasteiger partial charge in [0.15, 0.2) is 11.5 Å². The van der Waals surface area contributed by atoms with Crippen molar-refractivity contribution in [2.75, 3.05) is 26.3 Å². The topological polar surface area (TPSA) is 93.7 Å². The van der Waals surface area contributed by atoms with Crippen molar-refractivity contribution >= 4 is 27.5 Å². The maximum Gasteiger partial charge on any atom is 0.240 e. The van der Waals surface area contributed by atoms with Crippen LogP contribution in [0.25, 0.3) is 0 Å². The van der Waals surface area contributed by atoms with Crippen LogP contribution in [0.5, 0.6) is 11.5 Å². The van der Waals surface area contributed by atoms with Crippen molar-refractivity contribution < 1.29 is 22.7 Å². The van der Waals surface area contributed by atoms with E-state index in [2.05, 4.69) is 10.0 Å². The minimum atomic E-state index is -3.60. The average molecular weight is 425 g/mol. The molecule has 3 rings (SSSR count). The predicted molar refractivity (Wildman–Crippen MR) is 106 cm³/mol. The van der Waals surface area contributed by atoms with E-state index in [-0.39, 0.29) is 30.3 Å². The van der Waals surface area contributed by atoms with Gasteiger partial charge in [-0.05, 0) is 36.8 Å². The largest absolute Gasteiger partial charge is 0.486 e. The summed E-state index contributed by atoms with van der Waals surface area (Å²) in [5.74, 6) is 0.761. The summed E-state index contributed by atoms with van der Waals surface area (Å²) >= 11 is 6.16. The van der Waals surface area contributed by atoms with Crippen molar-refractivity contribution in [3.8, 4) is 11.5 Å². The van der Waals surface area contributed by atoms with Crippen LogP contribution < -0.4 is 19.5 Å². The molecule has 2 N–H and O–H groups in total. The van der Waals surface area contributed by atoms with Crippen LogP contribution in [0, 0.1) is 6.92 Å². The zero-order valence-corrected chi connectivity index (χ0v) is 16.9. The number of carbonyl (C=O) groups excluding carboxylic acids is 1. The monoisotopic (exact) mass is 424 g/mol. The number of ether oxygens (including phenoxy) is 2. The van der Waals surface area contributed by atoms with Gasteiger partial charge in [-0.2, -0.15) is 0 Å². The minimum Gasteiger partial charge on any atom is -0.486 e. The molecule has 0 radical (unpaired) electrons. The lowest BCUT2D eigenvalue weighted by atomic mass is 10.1. The van der Waals surface area contributed by atoms with Gasteiger partial charge in [0, 0.05) is 13.1 Å². The molecule has 1 aliphatic rings. The number of aryl methyl sites for hydroxylation is 1. The predicted octanol–water partition coefficient (Wildman–Crippen LogP) is 2.06. The molecule has 7 nitrogen and oxygen atoms in total. The van der Waals surface area contributed by atoms with Crippen LogP contribution in [0.2, 0.25) is 5.02 Å². The number of nitrogens with one attached hydrogen (secondary N) is 2. The normalized spacial score (nSPS) is 13.2. The fourth-order valence-corrected chi connectivity index (χ4v) is 4.02. The smallest absolute Gasteiger partial charge is 0.240 e. The van der Waals surface area contributed by atoms with E-state index < -0.39 is 10.0 Å². The maximum absolute atomic E-state index is 12.2. The summed E-state index contributed by atoms with van der Waals surface area (Å²) in [4.78, 5) is 12.3. The quantitative estimate of drug-likeness (QED) is 0.663. The van der Waals surface area contributed by atoms with Gasteiger partial charge in [0.1, 0.15) is 13.2 Å². The van der Waals surface area contributed by atoms with Gasteiger partial charge in [0.25, 0.3) is 0 Å². The number of rotatable bonds is 7. The van der Waals surface area contributed by atoms with E-state index in [9.17, 15) is 13.2 Å². The summed E-state index contributed by atoms with van der Waals surface area (Å²) in [6, 6.07) is 9.93. The number of hydrogen-bond donors (Lipinski definition) is 2. The van der Waals surface area contributed by atoms with Crippen molar-refractivity contribution in [3.05, 3.63) is 52.5 Å². The van der Waals surface area contributed by atoms with E-state index in [0.717, 1.165) is 5.56 Å². The van der Waals surface area contributed by atoms with Gasteiger partial charge < -0.3 is 14.8 Å². The molecule has 0 aliphatic carbocycles. The van der Waals surface area contributed by atoms with Crippen LogP contribution in [0.3, 0.4) is 0 Å². The third-order valence-electron chi connectivity index (χ3n) is 4.09. The van der Waals surface area contributed by atoms with Crippen LogP contribution >= 0.6 is 11.6 Å². The Hall–Kier alpha value is -2.29. The Kier molecular flexibility index (Phi) is 6.43. The number of halogens is 1. The summed E-state index contributed by atoms with van der Waals surface area (Å²) < 4.78 is 37.8. The molecule has 1 heterocycles. The standard InChI is InChI=1S/C19H21ClN2O5S/c1-13-2-4-15(5-3-13)28(24,25)22-7-6-21-18(23)12-14-10-16(20)19-17(11-14)26-8-9-27-19/h2-5,10-11,22H,6-9,12H2,1H3,(H,21,23). The fraction of sp³-hybridized carbons (Fsp3) is 0.316. The lowest BCUT2D eigenvalue weighted by Crippen LogP contribution is -2.35. The molecule has 1 amide bonds. The molecule has 0 atom stereocenters. The molecular weight excluding hydrogens is 404 g/mol. The van der Waals surface area contributed by atoms with E-state index in [0.29, 0.717) is 35.3 Å². The molecule has 0 spiro atoms. The number of benzene rings is 2. The SMILES string of the molecule is Cc1ccc(S(=O)(=O)NCCNC(=O)Cc2cc(Cl)c3c(c2)OCCO3)cc1. The van der Waals surface area contributed by atoms with Crippen molar-refractivity contribution in [3.63, 3.8) is 0 Å². The Labute approximate surface area is 169 Å². The molecule has 0 saturated carbocycles. The van der Waals surface area contributed by atoms with Gasteiger partial charge in [-0.1, -0.05) is 29.3 Å². The van der Waals surface area contributed by atoms with Gasteiger partial charge >= 0.3 is 0 Å². The van der Waals surface area contributed by atoms with E-state index in [4.69, 9.17) is 21.1 Å². The molecule has 9 heteroatoms. The fourth-order valence-electron chi connectivity index (χ4n) is 2.70. The first-order valence-electron chi connectivity index (χ1n) is 8.76. The first-order chi connectivity index (χ1) is 13.3. The maximum atomic E-state index is 12.2. The zero-order chi connectivity index (χ0) is 20.1. The van der Waals surface area contributed by atoms with E-state index >= 15 is 0 Å². The molecule has 0 unspecified atom stereocenters. The number of hydrogen-bond acceptors (Lipinski definition) is 5. The van der Waals surface area contributed by atoms with E-state index in [1.165, 1.54) is 0 Å². The summed E-state index contributed by atoms with van der Waals surface area (Å²) in [7, 11) is -3.60. The highest BCUT2D eigenvalue weighted by atomic mass is 35.5. The third-order valence-corrected chi connectivity index (χ3v) is 5.85. The van der Waals surface area contributed by atoms with Crippen molar-refractivity contribution in [2.24, 2.45) is 0 Å². The zero-order valence-electron chi connectivity index (χ0n) is 15.3. The summed E-state index contributed by atoms with van der Waals surface area (Å²) in [6.07, 6.45) is 0.0983. The Bertz CT molecular complexity index is 961. The molecule has 28 heavy (non-hydrogen) atoms. The van der Waals surface area contributed by atoms with Crippen LogP contribution in [0.4, 0.5) is 0 Å². The molecule has 1 aliphatic heterocycles. The molecule has 150 valence electrons. The number of amides is 1. The van der Waals surface area contributed by atoms with Gasteiger partial charge in [0.05, 0.1) is 16.3 Å². The minimum absolute atomic E-state index is 0.0871. The van der Waals surface area contributed by atoms with Crippen molar-refractivity contribution in [1.82, 2.24) is 10.0 Å². The molecule has 0 bridgehead atoms. The van der Waals surface area contributed by atoms with Crippen molar-refractivity contribution in [2.45, 2.75) is 18.2 Å². The lowest BCUT2D eigenvalue weighted by Gasteiger charge is -2.20. The Balaban J connectivity index is 1.48. The second kappa shape index (κ2) is 8.81. The highest BCUT2D eigenvalue weighted by Crippen LogP contribution is 2.38. The first kappa shape index (κ1) is 20.4. The van der Waals surface area contributed by atoms with Gasteiger partial charge in [-0.25, -0.2) is 13.1 Å². The molecule has 0 saturated heterocycles. The number of carbonyl (C=O) groups is 1. The second-order valence-corrected chi connectivity index (χ2v) is 8.51. The summed E-state index contributed by atoms with van der Waals surface area (Å²) in [5.41, 5.74) is 1.66. The van der Waals surface area contributed by atoms with Crippen LogP contribution in [0.15, 0.2) is 41.3 Å². The first-order valence-corrected chi connectivity index (χ1v) is 10.6. The van der Waals surface area contributed by atoms with Crippen LogP contribution in [0.1, 0.15) is 11.1 Å². The molecule has 2 aromatic rings. The van der Waals surface area contributed by atoms with Crippen LogP contribution in [-0.4, -0.2) is 40.6 Å². The van der Waals surface area contributed by atoms with Crippen LogP contribution in [-0.2, 0) is 21.2 Å². The highest BCUT2D eigenvalue weighted by Gasteiger charge is 2.18. The summed E-state index contributed by atoms with van der Waals surface area (Å²) in [5, 5.41) is 3.08. The molecular formula is C19H21ClN2O5S. The van der Waals surface area contributed by atoms with E-state index in [1.54, 1.807) is 36.4 Å². The lowest BCUT2D eigenvalue weighted by molar-refractivity contribution is -0.120. The van der Waals surface area contributed by atoms with Gasteiger partial charge in [-0.3, -0.25) is 4.79 Å². The molecule has 0 fully saturated rings. The van der Waals surface area contributed by atoms with Crippen molar-refractivity contribution in [1.29, 1.82) is 0 Å². The summed E-state index contributed by atoms with van der Waals surface area (Å²) in [6.45, 7) is 3.01. The average Bonchev–Trinajstić information content (AvgIpc) is 2.66. The van der Waals surface area contributed by atoms with Gasteiger partial charge in [-0.15, -0.1) is 0 Å². The highest BCUT2D eigenvalue weighted by molar-refractivity contribution is 7.89. The molecule has 2 aromatic carbocycles. The number of sulfonamides is 1. The Morgan fingerprint density at radius 2 is 1.82 bits per heavy atom. The Morgan fingerprint density at radius 3 is 2.57 bits per heavy atom.